The molecule has 0 aromatic heterocycles. The van der Waals surface area contributed by atoms with Gasteiger partial charge in [-0.15, -0.1) is 0 Å². The number of nitrogens with zero attached hydrogens (tertiary/aromatic N) is 1. The molecule has 1 aliphatic rings. The summed E-state index contributed by atoms with van der Waals surface area (Å²) in [4.78, 5) is 52.6. The normalized spacial score (nSPS) is 14.3. The maximum atomic E-state index is 13.2. The summed E-state index contributed by atoms with van der Waals surface area (Å²) in [6, 6.07) is 7.08. The highest BCUT2D eigenvalue weighted by Crippen LogP contribution is 2.33. The van der Waals surface area contributed by atoms with Crippen LogP contribution in [-0.4, -0.2) is 80.1 Å². The first-order valence-electron chi connectivity index (χ1n) is 13.2. The van der Waals surface area contributed by atoms with Gasteiger partial charge >= 0.3 is 5.97 Å². The molecule has 0 bridgehead atoms. The van der Waals surface area contributed by atoms with Gasteiger partial charge in [0.25, 0.3) is 0 Å². The number of ketones is 1. The summed E-state index contributed by atoms with van der Waals surface area (Å²) in [7, 11) is 4.64. The molecule has 0 aliphatic carbocycles. The highest BCUT2D eigenvalue weighted by molar-refractivity contribution is 14.1. The topological polar surface area (TPSA) is 144 Å². The zero-order valence-electron chi connectivity index (χ0n) is 23.6. The fourth-order valence-corrected chi connectivity index (χ4v) is 5.31. The Morgan fingerprint density at radius 2 is 1.61 bits per heavy atom. The lowest BCUT2D eigenvalue weighted by molar-refractivity contribution is -0.141. The molecule has 1 aliphatic heterocycles. The second kappa shape index (κ2) is 15.0. The van der Waals surface area contributed by atoms with Gasteiger partial charge in [0.15, 0.2) is 17.3 Å². The van der Waals surface area contributed by atoms with Gasteiger partial charge in [0, 0.05) is 22.2 Å². The first kappa shape index (κ1) is 32.1. The predicted molar refractivity (Wildman–Crippen MR) is 159 cm³/mol. The minimum absolute atomic E-state index is 0.00558. The second-order valence-corrected chi connectivity index (χ2v) is 11.0. The molecule has 1 heterocycles. The Hall–Kier alpha value is -3.39. The van der Waals surface area contributed by atoms with Gasteiger partial charge in [0.05, 0.1) is 46.8 Å². The first-order chi connectivity index (χ1) is 19.6. The quantitative estimate of drug-likeness (QED) is 0.256. The van der Waals surface area contributed by atoms with Crippen LogP contribution in [0.15, 0.2) is 30.3 Å². The fraction of sp³-hybridized carbons (Fsp3) is 0.448. The van der Waals surface area contributed by atoms with E-state index in [9.17, 15) is 24.3 Å². The van der Waals surface area contributed by atoms with Crippen LogP contribution in [0.1, 0.15) is 36.5 Å². The summed E-state index contributed by atoms with van der Waals surface area (Å²) in [5.41, 5.74) is 2.75. The summed E-state index contributed by atoms with van der Waals surface area (Å²) in [5.74, 6) is -0.869. The van der Waals surface area contributed by atoms with Crippen LogP contribution < -0.4 is 24.8 Å². The molecule has 11 nitrogen and oxygen atoms in total. The minimum Gasteiger partial charge on any atom is -0.496 e. The molecule has 41 heavy (non-hydrogen) atoms. The third kappa shape index (κ3) is 8.80. The summed E-state index contributed by atoms with van der Waals surface area (Å²) < 4.78 is 17.0. The van der Waals surface area contributed by atoms with E-state index in [1.807, 2.05) is 29.2 Å². The summed E-state index contributed by atoms with van der Waals surface area (Å²) in [6.45, 7) is 2.73. The number of benzene rings is 2. The van der Waals surface area contributed by atoms with Gasteiger partial charge in [-0.2, -0.15) is 0 Å². The van der Waals surface area contributed by atoms with E-state index >= 15 is 0 Å². The van der Waals surface area contributed by atoms with E-state index in [4.69, 9.17) is 14.2 Å². The van der Waals surface area contributed by atoms with E-state index in [1.165, 1.54) is 7.11 Å². The van der Waals surface area contributed by atoms with E-state index in [0.717, 1.165) is 14.7 Å². The number of amides is 2. The average Bonchev–Trinajstić information content (AvgIpc) is 2.94. The number of carboxylic acids is 1. The summed E-state index contributed by atoms with van der Waals surface area (Å²) in [6.07, 6.45) is 0.357. The molecule has 2 atom stereocenters. The molecule has 0 fully saturated rings. The fourth-order valence-electron chi connectivity index (χ4n) is 4.76. The summed E-state index contributed by atoms with van der Waals surface area (Å²) >= 11 is 2.14. The van der Waals surface area contributed by atoms with Gasteiger partial charge in [-0.1, -0.05) is 6.92 Å². The molecule has 0 unspecified atom stereocenters. The second-order valence-electron chi connectivity index (χ2n) is 9.72. The Bertz CT molecular complexity index is 1280. The maximum absolute atomic E-state index is 13.2. The smallest absolute Gasteiger partial charge is 0.305 e. The number of rotatable bonds is 14. The number of halogens is 1. The number of Topliss-reactive ketones (excluding diaryl/α,β-unsaturated/α-hetero) is 1. The van der Waals surface area contributed by atoms with Crippen LogP contribution in [-0.2, 0) is 38.6 Å². The molecule has 3 rings (SSSR count). The van der Waals surface area contributed by atoms with E-state index in [2.05, 4.69) is 33.2 Å². The van der Waals surface area contributed by atoms with E-state index < -0.39 is 42.1 Å². The van der Waals surface area contributed by atoms with Crippen molar-refractivity contribution < 1.29 is 38.5 Å². The predicted octanol–water partition coefficient (Wildman–Crippen LogP) is 2.34. The number of carbonyl (C=O) groups excluding carboxylic acids is 3. The Morgan fingerprint density at radius 1 is 0.951 bits per heavy atom. The van der Waals surface area contributed by atoms with Gasteiger partial charge in [-0.05, 0) is 76.9 Å². The zero-order valence-corrected chi connectivity index (χ0v) is 25.8. The highest BCUT2D eigenvalue weighted by Gasteiger charge is 2.30. The van der Waals surface area contributed by atoms with E-state index in [1.54, 1.807) is 27.2 Å². The van der Waals surface area contributed by atoms with E-state index in [-0.39, 0.29) is 19.4 Å². The Labute approximate surface area is 253 Å². The van der Waals surface area contributed by atoms with Crippen LogP contribution in [0.4, 0.5) is 0 Å². The first-order valence-corrected chi connectivity index (χ1v) is 14.3. The number of hydrogen-bond acceptors (Lipinski definition) is 8. The number of carbonyl (C=O) groups is 4. The van der Waals surface area contributed by atoms with Crippen molar-refractivity contribution in [2.45, 2.75) is 51.2 Å². The zero-order chi connectivity index (χ0) is 30.1. The molecule has 2 aromatic rings. The van der Waals surface area contributed by atoms with Gasteiger partial charge in [-0.3, -0.25) is 24.1 Å². The molecule has 0 radical (unpaired) electrons. The van der Waals surface area contributed by atoms with Gasteiger partial charge in [0.2, 0.25) is 11.8 Å². The number of fused-ring (bicyclic) bond motifs is 1. The molecule has 12 heteroatoms. The van der Waals surface area contributed by atoms with Crippen molar-refractivity contribution in [3.8, 4) is 17.2 Å². The number of carboxylic acid groups (broad SMARTS) is 1. The molecular weight excluding hydrogens is 645 g/mol. The van der Waals surface area contributed by atoms with Crippen LogP contribution >= 0.6 is 22.6 Å². The Balaban J connectivity index is 1.64. The number of aliphatic carboxylic acids is 1. The molecule has 2 amide bonds. The van der Waals surface area contributed by atoms with Crippen molar-refractivity contribution in [1.29, 1.82) is 0 Å². The third-order valence-electron chi connectivity index (χ3n) is 6.91. The Morgan fingerprint density at radius 3 is 2.22 bits per heavy atom. The monoisotopic (exact) mass is 681 g/mol. The minimum atomic E-state index is -1.24. The van der Waals surface area contributed by atoms with Gasteiger partial charge in [0.1, 0.15) is 11.8 Å². The highest BCUT2D eigenvalue weighted by atomic mass is 127. The molecule has 3 N–H and O–H groups in total. The van der Waals surface area contributed by atoms with Crippen LogP contribution in [0.5, 0.6) is 17.2 Å². The van der Waals surface area contributed by atoms with Crippen molar-refractivity contribution in [2.75, 3.05) is 34.4 Å². The SMILES string of the molecule is CC[C@H](NC(=O)Cc1cc(I)ccc1OC)C(=O)N[C@@H](CC(=O)O)C(=O)CN1CCc2cc(OC)c(OC)cc2C1. The van der Waals surface area contributed by atoms with Gasteiger partial charge < -0.3 is 30.0 Å². The van der Waals surface area contributed by atoms with Crippen LogP contribution in [0.25, 0.3) is 0 Å². The molecule has 0 saturated heterocycles. The number of methoxy groups -OCH3 is 3. The lowest BCUT2D eigenvalue weighted by Gasteiger charge is -2.30. The van der Waals surface area contributed by atoms with Crippen molar-refractivity contribution in [3.05, 3.63) is 50.6 Å². The summed E-state index contributed by atoms with van der Waals surface area (Å²) in [5, 5.41) is 14.7. The number of ether oxygens (including phenoxy) is 3. The van der Waals surface area contributed by atoms with Crippen molar-refractivity contribution >= 4 is 46.2 Å². The number of nitrogens with one attached hydrogen (secondary N) is 2. The van der Waals surface area contributed by atoms with Gasteiger partial charge in [-0.25, -0.2) is 0 Å². The van der Waals surface area contributed by atoms with E-state index in [0.29, 0.717) is 42.3 Å². The molecule has 222 valence electrons. The van der Waals surface area contributed by atoms with Crippen LogP contribution in [0.2, 0.25) is 0 Å². The molecule has 2 aromatic carbocycles. The maximum Gasteiger partial charge on any atom is 0.305 e. The molecule has 0 spiro atoms. The standard InChI is InChI=1S/C29H36IN3O8/c1-5-21(31-27(35)13-18-10-20(30)6-7-24(18)39-2)29(38)32-22(14-28(36)37)23(34)16-33-9-8-17-11-25(40-3)26(41-4)12-19(17)15-33/h6-7,10-12,21-22H,5,8-9,13-16H2,1-4H3,(H,31,35)(H,32,38)(H,36,37)/t21-,22-/m0/s1. The van der Waals surface area contributed by atoms with Crippen molar-refractivity contribution in [2.24, 2.45) is 0 Å². The largest absolute Gasteiger partial charge is 0.496 e. The molecular formula is C29H36IN3O8. The van der Waals surface area contributed by atoms with Crippen molar-refractivity contribution in [1.82, 2.24) is 15.5 Å². The van der Waals surface area contributed by atoms with Crippen molar-refractivity contribution in [3.63, 3.8) is 0 Å². The number of hydrogen-bond donors (Lipinski definition) is 3. The third-order valence-corrected chi connectivity index (χ3v) is 7.58. The van der Waals surface area contributed by atoms with Crippen LogP contribution in [0, 0.1) is 3.57 Å². The van der Waals surface area contributed by atoms with Crippen LogP contribution in [0.3, 0.4) is 0 Å². The molecule has 0 saturated carbocycles. The average molecular weight is 682 g/mol. The Kier molecular flexibility index (Phi) is 11.8. The lowest BCUT2D eigenvalue weighted by atomic mass is 9.98. The lowest BCUT2D eigenvalue weighted by Crippen LogP contribution is -2.53.